The van der Waals surface area contributed by atoms with Crippen molar-refractivity contribution in [2.45, 2.75) is 33.9 Å². The van der Waals surface area contributed by atoms with E-state index in [9.17, 15) is 0 Å². The van der Waals surface area contributed by atoms with Gasteiger partial charge in [-0.2, -0.15) is 0 Å². The largest absolute Gasteiger partial charge is 0.491 e. The van der Waals surface area contributed by atoms with Crippen LogP contribution in [0.1, 0.15) is 25.2 Å². The number of aromatic nitrogens is 2. The van der Waals surface area contributed by atoms with Crippen LogP contribution in [0.2, 0.25) is 5.02 Å². The molecule has 0 aliphatic carbocycles. The molecule has 0 aliphatic heterocycles. The molecule has 0 fully saturated rings. The highest BCUT2D eigenvalue weighted by Gasteiger charge is 2.12. The Morgan fingerprint density at radius 2 is 2.17 bits per heavy atom. The minimum absolute atomic E-state index is 0.498. The van der Waals surface area contributed by atoms with Crippen molar-refractivity contribution in [3.8, 4) is 11.5 Å². The Bertz CT molecular complexity index is 658. The summed E-state index contributed by atoms with van der Waals surface area (Å²) in [4.78, 5) is 4.25. The van der Waals surface area contributed by atoms with Crippen LogP contribution in [0.25, 0.3) is 0 Å². The molecule has 1 unspecified atom stereocenters. The van der Waals surface area contributed by atoms with Gasteiger partial charge in [-0.15, -0.1) is 0 Å². The van der Waals surface area contributed by atoms with Gasteiger partial charge < -0.3 is 19.4 Å². The minimum atomic E-state index is 0.498. The molecular formula is C18H26ClN3O2. The van der Waals surface area contributed by atoms with Gasteiger partial charge in [0.05, 0.1) is 18.7 Å². The second kappa shape index (κ2) is 8.94. The topological polar surface area (TPSA) is 48.3 Å². The molecule has 0 saturated carbocycles. The summed E-state index contributed by atoms with van der Waals surface area (Å²) in [6.45, 7) is 9.35. The lowest BCUT2D eigenvalue weighted by Gasteiger charge is -2.16. The Morgan fingerprint density at radius 3 is 2.79 bits per heavy atom. The van der Waals surface area contributed by atoms with Crippen molar-refractivity contribution in [3.05, 3.63) is 40.9 Å². The fraction of sp³-hybridized carbons (Fsp3) is 0.500. The van der Waals surface area contributed by atoms with Crippen molar-refractivity contribution in [3.63, 3.8) is 0 Å². The fourth-order valence-electron chi connectivity index (χ4n) is 2.64. The molecule has 0 bridgehead atoms. The molecule has 0 spiro atoms. The molecule has 1 aromatic carbocycles. The number of hydrogen-bond acceptors (Lipinski definition) is 4. The van der Waals surface area contributed by atoms with Crippen LogP contribution in [-0.2, 0) is 13.1 Å². The van der Waals surface area contributed by atoms with Gasteiger partial charge in [-0.3, -0.25) is 0 Å². The van der Waals surface area contributed by atoms with Gasteiger partial charge in [0.1, 0.15) is 5.82 Å². The molecule has 0 radical (unpaired) electrons. The standard InChI is InChI=1S/C18H26ClN3O2/c1-5-24-17-9-15(8-16(19)18(17)23-4)11-20-10-13(2)12-22-7-6-21-14(22)3/h6-9,13,20H,5,10-12H2,1-4H3. The predicted octanol–water partition coefficient (Wildman–Crippen LogP) is 3.68. The summed E-state index contributed by atoms with van der Waals surface area (Å²) in [5.74, 6) is 2.82. The van der Waals surface area contributed by atoms with E-state index in [1.54, 1.807) is 7.11 Å². The van der Waals surface area contributed by atoms with Gasteiger partial charge in [-0.1, -0.05) is 18.5 Å². The molecule has 0 saturated heterocycles. The van der Waals surface area contributed by atoms with E-state index in [0.717, 1.165) is 31.0 Å². The van der Waals surface area contributed by atoms with Gasteiger partial charge in [0.15, 0.2) is 11.5 Å². The molecule has 1 aromatic heterocycles. The fourth-order valence-corrected chi connectivity index (χ4v) is 2.95. The average Bonchev–Trinajstić information content (AvgIpc) is 2.92. The van der Waals surface area contributed by atoms with Crippen LogP contribution in [0.5, 0.6) is 11.5 Å². The highest BCUT2D eigenvalue weighted by Crippen LogP contribution is 2.36. The number of hydrogen-bond donors (Lipinski definition) is 1. The van der Waals surface area contributed by atoms with Gasteiger partial charge in [0, 0.05) is 25.5 Å². The Hall–Kier alpha value is -1.72. The van der Waals surface area contributed by atoms with Crippen molar-refractivity contribution in [1.82, 2.24) is 14.9 Å². The van der Waals surface area contributed by atoms with Crippen molar-refractivity contribution >= 4 is 11.6 Å². The molecule has 1 atom stereocenters. The number of aryl methyl sites for hydroxylation is 1. The molecule has 1 heterocycles. The SMILES string of the molecule is CCOc1cc(CNCC(C)Cn2ccnc2C)cc(Cl)c1OC. The number of benzene rings is 1. The summed E-state index contributed by atoms with van der Waals surface area (Å²) < 4.78 is 13.1. The molecule has 2 rings (SSSR count). The minimum Gasteiger partial charge on any atom is -0.491 e. The summed E-state index contributed by atoms with van der Waals surface area (Å²) in [5, 5.41) is 4.05. The third kappa shape index (κ3) is 4.89. The van der Waals surface area contributed by atoms with Crippen LogP contribution in [0.4, 0.5) is 0 Å². The van der Waals surface area contributed by atoms with Crippen molar-refractivity contribution < 1.29 is 9.47 Å². The second-order valence-electron chi connectivity index (χ2n) is 5.90. The summed E-state index contributed by atoms with van der Waals surface area (Å²) >= 11 is 6.28. The first kappa shape index (κ1) is 18.6. The average molecular weight is 352 g/mol. The van der Waals surface area contributed by atoms with E-state index < -0.39 is 0 Å². The zero-order chi connectivity index (χ0) is 17.5. The van der Waals surface area contributed by atoms with E-state index in [-0.39, 0.29) is 0 Å². The highest BCUT2D eigenvalue weighted by atomic mass is 35.5. The highest BCUT2D eigenvalue weighted by molar-refractivity contribution is 6.32. The number of nitrogens with zero attached hydrogens (tertiary/aromatic N) is 2. The molecule has 0 aliphatic rings. The first-order chi connectivity index (χ1) is 11.5. The molecule has 2 aromatic rings. The molecular weight excluding hydrogens is 326 g/mol. The van der Waals surface area contributed by atoms with Crippen LogP contribution in [0, 0.1) is 12.8 Å². The van der Waals surface area contributed by atoms with E-state index in [0.29, 0.717) is 29.0 Å². The van der Waals surface area contributed by atoms with E-state index in [1.807, 2.05) is 38.4 Å². The van der Waals surface area contributed by atoms with Crippen molar-refractivity contribution in [1.29, 1.82) is 0 Å². The number of rotatable bonds is 9. The first-order valence-electron chi connectivity index (χ1n) is 8.22. The van der Waals surface area contributed by atoms with Crippen LogP contribution < -0.4 is 14.8 Å². The van der Waals surface area contributed by atoms with E-state index in [2.05, 4.69) is 21.8 Å². The lowest BCUT2D eigenvalue weighted by Crippen LogP contribution is -2.24. The van der Waals surface area contributed by atoms with E-state index >= 15 is 0 Å². The van der Waals surface area contributed by atoms with E-state index in [4.69, 9.17) is 21.1 Å². The monoisotopic (exact) mass is 351 g/mol. The lowest BCUT2D eigenvalue weighted by molar-refractivity contribution is 0.310. The predicted molar refractivity (Wildman–Crippen MR) is 97.0 cm³/mol. The Kier molecular flexibility index (Phi) is 6.94. The summed E-state index contributed by atoms with van der Waals surface area (Å²) in [5.41, 5.74) is 1.08. The van der Waals surface area contributed by atoms with Gasteiger partial charge in [-0.25, -0.2) is 4.98 Å². The molecule has 6 heteroatoms. The Morgan fingerprint density at radius 1 is 1.38 bits per heavy atom. The van der Waals surface area contributed by atoms with Gasteiger partial charge in [0.25, 0.3) is 0 Å². The maximum absolute atomic E-state index is 6.28. The number of halogens is 1. The molecule has 24 heavy (non-hydrogen) atoms. The summed E-state index contributed by atoms with van der Waals surface area (Å²) in [6.07, 6.45) is 3.85. The zero-order valence-electron chi connectivity index (χ0n) is 14.8. The number of methoxy groups -OCH3 is 1. The van der Waals surface area contributed by atoms with E-state index in [1.165, 1.54) is 0 Å². The molecule has 5 nitrogen and oxygen atoms in total. The van der Waals surface area contributed by atoms with Gasteiger partial charge >= 0.3 is 0 Å². The quantitative estimate of drug-likeness (QED) is 0.748. The maximum atomic E-state index is 6.28. The normalized spacial score (nSPS) is 12.2. The number of nitrogens with one attached hydrogen (secondary N) is 1. The number of imidazole rings is 1. The maximum Gasteiger partial charge on any atom is 0.179 e. The van der Waals surface area contributed by atoms with Gasteiger partial charge in [0.2, 0.25) is 0 Å². The smallest absolute Gasteiger partial charge is 0.179 e. The van der Waals surface area contributed by atoms with Crippen LogP contribution in [0.3, 0.4) is 0 Å². The summed E-state index contributed by atoms with van der Waals surface area (Å²) in [7, 11) is 1.60. The number of ether oxygens (including phenoxy) is 2. The third-order valence-corrected chi connectivity index (χ3v) is 4.11. The molecule has 1 N–H and O–H groups in total. The second-order valence-corrected chi connectivity index (χ2v) is 6.31. The Balaban J connectivity index is 1.90. The summed E-state index contributed by atoms with van der Waals surface area (Å²) in [6, 6.07) is 3.90. The van der Waals surface area contributed by atoms with Crippen molar-refractivity contribution in [2.24, 2.45) is 5.92 Å². The molecule has 0 amide bonds. The lowest BCUT2D eigenvalue weighted by atomic mass is 10.1. The van der Waals surface area contributed by atoms with Crippen molar-refractivity contribution in [2.75, 3.05) is 20.3 Å². The van der Waals surface area contributed by atoms with Crippen LogP contribution in [0.15, 0.2) is 24.5 Å². The van der Waals surface area contributed by atoms with Crippen LogP contribution in [-0.4, -0.2) is 29.8 Å². The van der Waals surface area contributed by atoms with Gasteiger partial charge in [-0.05, 0) is 44.0 Å². The molecule has 132 valence electrons. The third-order valence-electron chi connectivity index (χ3n) is 3.83. The first-order valence-corrected chi connectivity index (χ1v) is 8.60. The zero-order valence-corrected chi connectivity index (χ0v) is 15.6. The van der Waals surface area contributed by atoms with Crippen LogP contribution >= 0.6 is 11.6 Å². The Labute approximate surface area is 148 Å².